The van der Waals surface area contributed by atoms with Gasteiger partial charge < -0.3 is 9.73 Å². The van der Waals surface area contributed by atoms with Crippen LogP contribution in [0.1, 0.15) is 49.5 Å². The van der Waals surface area contributed by atoms with E-state index in [1.165, 1.54) is 21.8 Å². The Hall–Kier alpha value is -2.93. The summed E-state index contributed by atoms with van der Waals surface area (Å²) in [5, 5.41) is 5.51. The normalized spacial score (nSPS) is 19.3. The smallest absolute Gasteiger partial charge is 0.325 e. The van der Waals surface area contributed by atoms with Crippen LogP contribution in [0.5, 0.6) is 0 Å². The highest BCUT2D eigenvalue weighted by molar-refractivity contribution is 7.13. The standard InChI is InChI=1S/C22H23N3O3S/c1-13(2)15-6-8-16(9-7-15)19-23-17(12-29-19)11-25-20(26)22(4,24-21(25)27)18-10-5-14(3)28-18/h5-10,12-13H,11H2,1-4H3,(H,24,27). The zero-order chi connectivity index (χ0) is 20.8. The van der Waals surface area contributed by atoms with Gasteiger partial charge in [-0.25, -0.2) is 9.78 Å². The summed E-state index contributed by atoms with van der Waals surface area (Å²) in [5.74, 6) is 1.25. The quantitative estimate of drug-likeness (QED) is 0.614. The third kappa shape index (κ3) is 3.46. The van der Waals surface area contributed by atoms with Crippen LogP contribution in [0, 0.1) is 6.92 Å². The molecule has 0 saturated carbocycles. The maximum absolute atomic E-state index is 13.0. The summed E-state index contributed by atoms with van der Waals surface area (Å²) in [6.07, 6.45) is 0. The maximum Gasteiger partial charge on any atom is 0.325 e. The minimum Gasteiger partial charge on any atom is -0.463 e. The predicted molar refractivity (Wildman–Crippen MR) is 112 cm³/mol. The molecule has 1 aromatic carbocycles. The van der Waals surface area contributed by atoms with Crippen LogP contribution < -0.4 is 5.32 Å². The van der Waals surface area contributed by atoms with Gasteiger partial charge >= 0.3 is 6.03 Å². The molecule has 1 aliphatic rings. The highest BCUT2D eigenvalue weighted by Crippen LogP contribution is 2.32. The molecule has 1 N–H and O–H groups in total. The summed E-state index contributed by atoms with van der Waals surface area (Å²) in [7, 11) is 0. The van der Waals surface area contributed by atoms with Crippen molar-refractivity contribution in [1.82, 2.24) is 15.2 Å². The molecular weight excluding hydrogens is 386 g/mol. The Balaban J connectivity index is 1.53. The Labute approximate surface area is 173 Å². The van der Waals surface area contributed by atoms with Gasteiger partial charge in [0, 0.05) is 10.9 Å². The predicted octanol–water partition coefficient (Wildman–Crippen LogP) is 4.80. The molecule has 150 valence electrons. The van der Waals surface area contributed by atoms with E-state index in [0.29, 0.717) is 23.1 Å². The van der Waals surface area contributed by atoms with Gasteiger partial charge in [-0.15, -0.1) is 11.3 Å². The summed E-state index contributed by atoms with van der Waals surface area (Å²) in [6, 6.07) is 11.4. The summed E-state index contributed by atoms with van der Waals surface area (Å²) < 4.78 is 5.60. The number of carbonyl (C=O) groups excluding carboxylic acids is 2. The van der Waals surface area contributed by atoms with E-state index in [2.05, 4.69) is 48.4 Å². The van der Waals surface area contributed by atoms with Gasteiger partial charge in [0.15, 0.2) is 5.54 Å². The van der Waals surface area contributed by atoms with E-state index >= 15 is 0 Å². The Morgan fingerprint density at radius 2 is 1.90 bits per heavy atom. The number of nitrogens with one attached hydrogen (secondary N) is 1. The van der Waals surface area contributed by atoms with Crippen LogP contribution in [0.25, 0.3) is 10.6 Å². The van der Waals surface area contributed by atoms with Crippen molar-refractivity contribution in [2.75, 3.05) is 0 Å². The first-order valence-electron chi connectivity index (χ1n) is 9.53. The van der Waals surface area contributed by atoms with Gasteiger partial charge in [-0.2, -0.15) is 0 Å². The highest BCUT2D eigenvalue weighted by atomic mass is 32.1. The minimum absolute atomic E-state index is 0.126. The number of rotatable bonds is 5. The average molecular weight is 410 g/mol. The van der Waals surface area contributed by atoms with E-state index in [9.17, 15) is 9.59 Å². The van der Waals surface area contributed by atoms with Crippen molar-refractivity contribution >= 4 is 23.3 Å². The molecule has 0 bridgehead atoms. The Bertz CT molecular complexity index is 1070. The van der Waals surface area contributed by atoms with Crippen LogP contribution in [0.3, 0.4) is 0 Å². The van der Waals surface area contributed by atoms with Crippen molar-refractivity contribution in [2.24, 2.45) is 0 Å². The lowest BCUT2D eigenvalue weighted by molar-refractivity contribution is -0.132. The first-order valence-corrected chi connectivity index (χ1v) is 10.4. The Kier molecular flexibility index (Phi) is 4.78. The first kappa shape index (κ1) is 19.4. The number of carbonyl (C=O) groups is 2. The highest BCUT2D eigenvalue weighted by Gasteiger charge is 2.51. The van der Waals surface area contributed by atoms with Gasteiger partial charge in [-0.3, -0.25) is 9.69 Å². The van der Waals surface area contributed by atoms with E-state index in [-0.39, 0.29) is 12.5 Å². The summed E-state index contributed by atoms with van der Waals surface area (Å²) >= 11 is 1.50. The number of hydrogen-bond donors (Lipinski definition) is 1. The molecule has 29 heavy (non-hydrogen) atoms. The van der Waals surface area contributed by atoms with Gasteiger partial charge in [0.1, 0.15) is 16.5 Å². The number of thiazole rings is 1. The number of hydrogen-bond acceptors (Lipinski definition) is 5. The van der Waals surface area contributed by atoms with Crippen molar-refractivity contribution < 1.29 is 14.0 Å². The second-order valence-electron chi connectivity index (χ2n) is 7.78. The molecule has 4 rings (SSSR count). The molecule has 1 saturated heterocycles. The minimum atomic E-state index is -1.20. The van der Waals surface area contributed by atoms with Crippen molar-refractivity contribution in [3.63, 3.8) is 0 Å². The summed E-state index contributed by atoms with van der Waals surface area (Å²) in [6.45, 7) is 7.91. The lowest BCUT2D eigenvalue weighted by Crippen LogP contribution is -2.40. The molecule has 0 radical (unpaired) electrons. The van der Waals surface area contributed by atoms with Crippen molar-refractivity contribution in [1.29, 1.82) is 0 Å². The largest absolute Gasteiger partial charge is 0.463 e. The summed E-state index contributed by atoms with van der Waals surface area (Å²) in [5.41, 5.74) is 1.79. The number of urea groups is 1. The fraction of sp³-hybridized carbons (Fsp3) is 0.318. The topological polar surface area (TPSA) is 75.4 Å². The Morgan fingerprint density at radius 3 is 2.52 bits per heavy atom. The van der Waals surface area contributed by atoms with E-state index in [1.807, 2.05) is 5.38 Å². The third-order valence-electron chi connectivity index (χ3n) is 5.20. The van der Waals surface area contributed by atoms with Gasteiger partial charge in [0.25, 0.3) is 5.91 Å². The molecule has 6 nitrogen and oxygen atoms in total. The number of furan rings is 1. The van der Waals surface area contributed by atoms with Crippen LogP contribution in [-0.2, 0) is 16.9 Å². The molecule has 7 heteroatoms. The zero-order valence-electron chi connectivity index (χ0n) is 16.9. The molecule has 0 spiro atoms. The monoisotopic (exact) mass is 409 g/mol. The zero-order valence-corrected chi connectivity index (χ0v) is 17.7. The first-order chi connectivity index (χ1) is 13.8. The number of imide groups is 1. The molecule has 3 aromatic rings. The van der Waals surface area contributed by atoms with Crippen molar-refractivity contribution in [3.05, 3.63) is 64.6 Å². The van der Waals surface area contributed by atoms with Gasteiger partial charge in [-0.1, -0.05) is 38.1 Å². The van der Waals surface area contributed by atoms with Gasteiger partial charge in [-0.05, 0) is 37.5 Å². The van der Waals surface area contributed by atoms with Crippen LogP contribution >= 0.6 is 11.3 Å². The molecule has 3 amide bonds. The molecule has 2 aromatic heterocycles. The third-order valence-corrected chi connectivity index (χ3v) is 6.14. The second-order valence-corrected chi connectivity index (χ2v) is 8.64. The lowest BCUT2D eigenvalue weighted by Gasteiger charge is -2.18. The maximum atomic E-state index is 13.0. The van der Waals surface area contributed by atoms with Gasteiger partial charge in [0.2, 0.25) is 0 Å². The number of aryl methyl sites for hydroxylation is 1. The molecular formula is C22H23N3O3S. The number of aromatic nitrogens is 1. The van der Waals surface area contributed by atoms with E-state index in [0.717, 1.165) is 10.6 Å². The summed E-state index contributed by atoms with van der Waals surface area (Å²) in [4.78, 5) is 31.3. The molecule has 1 fully saturated rings. The number of benzene rings is 1. The second kappa shape index (κ2) is 7.15. The molecule has 3 heterocycles. The fourth-order valence-corrected chi connectivity index (χ4v) is 4.21. The lowest BCUT2D eigenvalue weighted by atomic mass is 9.99. The molecule has 1 aliphatic heterocycles. The van der Waals surface area contributed by atoms with E-state index < -0.39 is 11.6 Å². The average Bonchev–Trinajstić information content (AvgIpc) is 3.39. The SMILES string of the molecule is Cc1ccc(C2(C)NC(=O)N(Cc3csc(-c4ccc(C(C)C)cc4)n3)C2=O)o1. The molecule has 1 unspecified atom stereocenters. The Morgan fingerprint density at radius 1 is 1.17 bits per heavy atom. The van der Waals surface area contributed by atoms with E-state index in [1.54, 1.807) is 26.0 Å². The number of nitrogens with zero attached hydrogens (tertiary/aromatic N) is 2. The van der Waals surface area contributed by atoms with Crippen molar-refractivity contribution in [2.45, 2.75) is 45.7 Å². The number of amides is 3. The van der Waals surface area contributed by atoms with Crippen LogP contribution in [-0.4, -0.2) is 21.8 Å². The van der Waals surface area contributed by atoms with Crippen LogP contribution in [0.2, 0.25) is 0 Å². The van der Waals surface area contributed by atoms with Crippen LogP contribution in [0.15, 0.2) is 46.2 Å². The van der Waals surface area contributed by atoms with Crippen LogP contribution in [0.4, 0.5) is 4.79 Å². The van der Waals surface area contributed by atoms with Crippen molar-refractivity contribution in [3.8, 4) is 10.6 Å². The van der Waals surface area contributed by atoms with E-state index in [4.69, 9.17) is 4.42 Å². The van der Waals surface area contributed by atoms with Gasteiger partial charge in [0.05, 0.1) is 12.2 Å². The molecule has 1 atom stereocenters. The fourth-order valence-electron chi connectivity index (χ4n) is 3.40. The molecule has 0 aliphatic carbocycles.